The zero-order valence-electron chi connectivity index (χ0n) is 8.75. The summed E-state index contributed by atoms with van der Waals surface area (Å²) in [6.07, 6.45) is 0.886. The molecule has 6 heteroatoms. The van der Waals surface area contributed by atoms with Gasteiger partial charge in [-0.1, -0.05) is 0 Å². The lowest BCUT2D eigenvalue weighted by Gasteiger charge is -2.02. The molecule has 0 aromatic carbocycles. The maximum Gasteiger partial charge on any atom is 0.216 e. The minimum Gasteiger partial charge on any atom is -0.361 e. The average molecular weight is 228 g/mol. The van der Waals surface area contributed by atoms with Crippen LogP contribution in [-0.2, 0) is 11.3 Å². The van der Waals surface area contributed by atoms with Crippen molar-refractivity contribution in [1.82, 2.24) is 10.3 Å². The third-order valence-electron chi connectivity index (χ3n) is 1.76. The fraction of sp³-hybridized carbons (Fsp3) is 0.556. The van der Waals surface area contributed by atoms with Crippen molar-refractivity contribution >= 4 is 22.4 Å². The first-order valence-corrected chi connectivity index (χ1v) is 5.73. The molecule has 0 spiro atoms. The van der Waals surface area contributed by atoms with Crippen LogP contribution in [-0.4, -0.2) is 24.0 Å². The van der Waals surface area contributed by atoms with Crippen molar-refractivity contribution < 1.29 is 4.79 Å². The van der Waals surface area contributed by atoms with E-state index in [9.17, 15) is 4.79 Å². The molecule has 1 heterocycles. The van der Waals surface area contributed by atoms with Gasteiger partial charge in [0.05, 0.1) is 5.69 Å². The number of hydrogen-bond acceptors (Lipinski definition) is 5. The molecule has 15 heavy (non-hydrogen) atoms. The molecule has 1 aromatic heterocycles. The summed E-state index contributed by atoms with van der Waals surface area (Å²) in [6.45, 7) is 3.49. The Balaban J connectivity index is 2.12. The van der Waals surface area contributed by atoms with Gasteiger partial charge in [-0.3, -0.25) is 4.79 Å². The van der Waals surface area contributed by atoms with Crippen LogP contribution >= 0.6 is 11.3 Å². The minimum atomic E-state index is 0.00895. The molecule has 0 bridgehead atoms. The van der Waals surface area contributed by atoms with Crippen LogP contribution in [0, 0.1) is 0 Å². The Bertz CT molecular complexity index is 313. The number of rotatable bonds is 6. The molecular formula is C9H16N4OS. The van der Waals surface area contributed by atoms with E-state index in [1.165, 1.54) is 6.92 Å². The van der Waals surface area contributed by atoms with Crippen molar-refractivity contribution in [3.8, 4) is 0 Å². The Kier molecular flexibility index (Phi) is 5.06. The first kappa shape index (κ1) is 11.9. The summed E-state index contributed by atoms with van der Waals surface area (Å²) in [5.41, 5.74) is 6.35. The van der Waals surface area contributed by atoms with Crippen LogP contribution in [0.5, 0.6) is 0 Å². The van der Waals surface area contributed by atoms with Gasteiger partial charge in [-0.15, -0.1) is 11.3 Å². The predicted octanol–water partition coefficient (Wildman–Crippen LogP) is 0.540. The van der Waals surface area contributed by atoms with Gasteiger partial charge in [0, 0.05) is 31.9 Å². The molecule has 1 aromatic rings. The Labute approximate surface area is 93.1 Å². The van der Waals surface area contributed by atoms with Gasteiger partial charge in [0.15, 0.2) is 5.13 Å². The maximum atomic E-state index is 10.6. The van der Waals surface area contributed by atoms with Crippen LogP contribution in [0.25, 0.3) is 0 Å². The lowest BCUT2D eigenvalue weighted by Crippen LogP contribution is -2.22. The zero-order valence-corrected chi connectivity index (χ0v) is 9.56. The van der Waals surface area contributed by atoms with Gasteiger partial charge in [-0.2, -0.15) is 0 Å². The number of hydrogen-bond donors (Lipinski definition) is 3. The monoisotopic (exact) mass is 228 g/mol. The second kappa shape index (κ2) is 6.36. The van der Waals surface area contributed by atoms with E-state index >= 15 is 0 Å². The number of amides is 1. The summed E-state index contributed by atoms with van der Waals surface area (Å²) in [4.78, 5) is 14.8. The quantitative estimate of drug-likeness (QED) is 0.621. The minimum absolute atomic E-state index is 0.00895. The molecular weight excluding hydrogens is 212 g/mol. The van der Waals surface area contributed by atoms with Gasteiger partial charge in [0.2, 0.25) is 5.91 Å². The zero-order chi connectivity index (χ0) is 11.1. The van der Waals surface area contributed by atoms with Gasteiger partial charge in [0.25, 0.3) is 0 Å². The second-order valence-corrected chi connectivity index (χ2v) is 3.97. The summed E-state index contributed by atoms with van der Waals surface area (Å²) >= 11 is 1.55. The van der Waals surface area contributed by atoms with Crippen molar-refractivity contribution in [2.75, 3.05) is 18.4 Å². The Hall–Kier alpha value is -1.14. The van der Waals surface area contributed by atoms with Crippen molar-refractivity contribution in [2.45, 2.75) is 19.9 Å². The van der Waals surface area contributed by atoms with Gasteiger partial charge in [0.1, 0.15) is 0 Å². The Morgan fingerprint density at radius 1 is 1.60 bits per heavy atom. The predicted molar refractivity (Wildman–Crippen MR) is 61.8 cm³/mol. The first-order valence-electron chi connectivity index (χ1n) is 4.85. The summed E-state index contributed by atoms with van der Waals surface area (Å²) < 4.78 is 0. The summed E-state index contributed by atoms with van der Waals surface area (Å²) in [7, 11) is 0. The number of carbonyl (C=O) groups is 1. The molecule has 0 saturated carbocycles. The number of thiazole rings is 1. The third kappa shape index (κ3) is 4.75. The number of nitrogens with one attached hydrogen (secondary N) is 2. The highest BCUT2D eigenvalue weighted by atomic mass is 32.1. The smallest absolute Gasteiger partial charge is 0.216 e. The van der Waals surface area contributed by atoms with Crippen molar-refractivity contribution in [2.24, 2.45) is 5.73 Å². The number of anilines is 1. The van der Waals surface area contributed by atoms with E-state index in [4.69, 9.17) is 5.73 Å². The van der Waals surface area contributed by atoms with Crippen molar-refractivity contribution in [1.29, 1.82) is 0 Å². The van der Waals surface area contributed by atoms with E-state index in [0.717, 1.165) is 23.8 Å². The second-order valence-electron chi connectivity index (χ2n) is 3.11. The first-order chi connectivity index (χ1) is 7.22. The van der Waals surface area contributed by atoms with Crippen molar-refractivity contribution in [3.63, 3.8) is 0 Å². The van der Waals surface area contributed by atoms with Gasteiger partial charge in [-0.25, -0.2) is 4.98 Å². The molecule has 0 unspecified atom stereocenters. The molecule has 4 N–H and O–H groups in total. The highest BCUT2D eigenvalue weighted by Gasteiger charge is 1.98. The molecule has 1 rings (SSSR count). The number of nitrogens with zero attached hydrogens (tertiary/aromatic N) is 1. The molecule has 0 radical (unpaired) electrons. The number of carbonyl (C=O) groups excluding carboxylic acids is 1. The van der Waals surface area contributed by atoms with Gasteiger partial charge < -0.3 is 16.4 Å². The highest BCUT2D eigenvalue weighted by molar-refractivity contribution is 7.13. The van der Waals surface area contributed by atoms with E-state index in [2.05, 4.69) is 15.6 Å². The Morgan fingerprint density at radius 3 is 3.00 bits per heavy atom. The van der Waals surface area contributed by atoms with Crippen LogP contribution in [0.3, 0.4) is 0 Å². The average Bonchev–Trinajstić information content (AvgIpc) is 2.65. The molecule has 0 saturated heterocycles. The summed E-state index contributed by atoms with van der Waals surface area (Å²) in [6, 6.07) is 0. The van der Waals surface area contributed by atoms with E-state index in [1.54, 1.807) is 11.3 Å². The van der Waals surface area contributed by atoms with Crippen LogP contribution in [0.2, 0.25) is 0 Å². The van der Waals surface area contributed by atoms with Crippen LogP contribution in [0.15, 0.2) is 5.38 Å². The SMILES string of the molecule is CC(=O)NCCCNc1nc(CN)cs1. The normalized spacial score (nSPS) is 10.0. The highest BCUT2D eigenvalue weighted by Crippen LogP contribution is 2.14. The van der Waals surface area contributed by atoms with E-state index in [-0.39, 0.29) is 5.91 Å². The molecule has 0 aliphatic rings. The molecule has 0 atom stereocenters. The van der Waals surface area contributed by atoms with Gasteiger partial charge in [-0.05, 0) is 6.42 Å². The summed E-state index contributed by atoms with van der Waals surface area (Å²) in [5.74, 6) is 0.00895. The molecule has 0 fully saturated rings. The molecule has 0 aliphatic carbocycles. The Morgan fingerprint density at radius 2 is 2.40 bits per heavy atom. The van der Waals surface area contributed by atoms with Crippen LogP contribution < -0.4 is 16.4 Å². The topological polar surface area (TPSA) is 80.0 Å². The fourth-order valence-corrected chi connectivity index (χ4v) is 1.78. The number of aromatic nitrogens is 1. The molecule has 84 valence electrons. The summed E-state index contributed by atoms with van der Waals surface area (Å²) in [5, 5.41) is 8.73. The lowest BCUT2D eigenvalue weighted by atomic mass is 10.4. The fourth-order valence-electron chi connectivity index (χ4n) is 1.03. The van der Waals surface area contributed by atoms with E-state index < -0.39 is 0 Å². The standard InChI is InChI=1S/C9H16N4OS/c1-7(14)11-3-2-4-12-9-13-8(5-10)6-15-9/h6H,2-5,10H2,1H3,(H,11,14)(H,12,13). The van der Waals surface area contributed by atoms with E-state index in [0.29, 0.717) is 13.1 Å². The maximum absolute atomic E-state index is 10.6. The molecule has 0 aliphatic heterocycles. The van der Waals surface area contributed by atoms with Crippen LogP contribution in [0.4, 0.5) is 5.13 Å². The largest absolute Gasteiger partial charge is 0.361 e. The third-order valence-corrected chi connectivity index (χ3v) is 2.61. The number of nitrogens with two attached hydrogens (primary N) is 1. The van der Waals surface area contributed by atoms with Crippen molar-refractivity contribution in [3.05, 3.63) is 11.1 Å². The lowest BCUT2D eigenvalue weighted by molar-refractivity contribution is -0.118. The molecule has 5 nitrogen and oxygen atoms in total. The van der Waals surface area contributed by atoms with E-state index in [1.807, 2.05) is 5.38 Å². The molecule has 1 amide bonds. The van der Waals surface area contributed by atoms with Gasteiger partial charge >= 0.3 is 0 Å². The van der Waals surface area contributed by atoms with Crippen LogP contribution in [0.1, 0.15) is 19.0 Å².